The van der Waals surface area contributed by atoms with Gasteiger partial charge in [-0.25, -0.2) is 0 Å². The summed E-state index contributed by atoms with van der Waals surface area (Å²) >= 11 is 0. The molecule has 0 spiro atoms. The number of anilines is 1. The Morgan fingerprint density at radius 2 is 2.31 bits per heavy atom. The van der Waals surface area contributed by atoms with Gasteiger partial charge in [-0.1, -0.05) is 0 Å². The summed E-state index contributed by atoms with van der Waals surface area (Å²) in [5.41, 5.74) is 7.82. The third kappa shape index (κ3) is 2.30. The molecule has 3 heteroatoms. The van der Waals surface area contributed by atoms with Gasteiger partial charge >= 0.3 is 0 Å². The molecule has 1 aliphatic heterocycles. The largest absolute Gasteiger partial charge is 0.496 e. The second kappa shape index (κ2) is 4.74. The van der Waals surface area contributed by atoms with Crippen LogP contribution in [-0.2, 0) is 6.54 Å². The third-order valence-corrected chi connectivity index (χ3v) is 3.37. The summed E-state index contributed by atoms with van der Waals surface area (Å²) in [5.74, 6) is 0.938. The van der Waals surface area contributed by atoms with Gasteiger partial charge in [-0.2, -0.15) is 0 Å². The maximum atomic E-state index is 5.82. The van der Waals surface area contributed by atoms with Gasteiger partial charge in [0.2, 0.25) is 0 Å². The Labute approximate surface area is 97.2 Å². The van der Waals surface area contributed by atoms with Gasteiger partial charge in [0, 0.05) is 23.8 Å². The van der Waals surface area contributed by atoms with Gasteiger partial charge in [0.25, 0.3) is 0 Å². The number of rotatable bonds is 3. The second-order valence-electron chi connectivity index (χ2n) is 4.53. The number of methoxy groups -OCH3 is 1. The van der Waals surface area contributed by atoms with E-state index in [1.54, 1.807) is 7.11 Å². The molecule has 0 aliphatic carbocycles. The number of nitrogens with zero attached hydrogens (tertiary/aromatic N) is 1. The van der Waals surface area contributed by atoms with Gasteiger partial charge in [-0.3, -0.25) is 4.90 Å². The monoisotopic (exact) mass is 220 g/mol. The molecule has 1 atom stereocenters. The van der Waals surface area contributed by atoms with Crippen LogP contribution in [0, 0.1) is 0 Å². The molecule has 16 heavy (non-hydrogen) atoms. The first-order valence-corrected chi connectivity index (χ1v) is 5.87. The lowest BCUT2D eigenvalue weighted by atomic mass is 10.1. The zero-order chi connectivity index (χ0) is 11.5. The highest BCUT2D eigenvalue weighted by molar-refractivity contribution is 5.47. The molecule has 1 saturated heterocycles. The van der Waals surface area contributed by atoms with Crippen molar-refractivity contribution in [3.05, 3.63) is 23.8 Å². The van der Waals surface area contributed by atoms with Gasteiger partial charge in [0.05, 0.1) is 7.11 Å². The fraction of sp³-hybridized carbons (Fsp3) is 0.538. The predicted octanol–water partition coefficient (Wildman–Crippen LogP) is 2.26. The maximum Gasteiger partial charge on any atom is 0.123 e. The first kappa shape index (κ1) is 11.3. The Hall–Kier alpha value is -1.22. The molecule has 88 valence electrons. The third-order valence-electron chi connectivity index (χ3n) is 3.37. The van der Waals surface area contributed by atoms with Crippen molar-refractivity contribution in [1.29, 1.82) is 0 Å². The van der Waals surface area contributed by atoms with E-state index in [0.29, 0.717) is 6.04 Å². The average molecular weight is 220 g/mol. The number of nitrogens with two attached hydrogens (primary N) is 1. The molecule has 2 rings (SSSR count). The number of nitrogen functional groups attached to an aromatic ring is 1. The van der Waals surface area contributed by atoms with E-state index in [-0.39, 0.29) is 0 Å². The minimum atomic E-state index is 0.672. The molecular weight excluding hydrogens is 200 g/mol. The van der Waals surface area contributed by atoms with Crippen LogP contribution in [0.5, 0.6) is 5.75 Å². The standard InChI is InChI=1S/C13H20N2O/c1-10-4-3-7-15(10)9-11-8-12(14)5-6-13(11)16-2/h5-6,8,10H,3-4,7,9,14H2,1-2H3. The molecule has 0 bridgehead atoms. The lowest BCUT2D eigenvalue weighted by Crippen LogP contribution is -2.26. The normalized spacial score (nSPS) is 21.2. The summed E-state index contributed by atoms with van der Waals surface area (Å²) in [6.07, 6.45) is 2.59. The minimum Gasteiger partial charge on any atom is -0.496 e. The number of benzene rings is 1. The van der Waals surface area contributed by atoms with Gasteiger partial charge in [-0.05, 0) is 44.5 Å². The molecule has 2 N–H and O–H groups in total. The maximum absolute atomic E-state index is 5.82. The van der Waals surface area contributed by atoms with Gasteiger partial charge in [0.15, 0.2) is 0 Å². The van der Waals surface area contributed by atoms with Crippen LogP contribution < -0.4 is 10.5 Å². The summed E-state index contributed by atoms with van der Waals surface area (Å²) in [6, 6.07) is 6.52. The molecule has 1 aromatic rings. The van der Waals surface area contributed by atoms with Crippen LogP contribution in [0.25, 0.3) is 0 Å². The van der Waals surface area contributed by atoms with E-state index in [1.807, 2.05) is 18.2 Å². The number of likely N-dealkylation sites (tertiary alicyclic amines) is 1. The second-order valence-corrected chi connectivity index (χ2v) is 4.53. The van der Waals surface area contributed by atoms with Crippen molar-refractivity contribution in [1.82, 2.24) is 4.90 Å². The Kier molecular flexibility index (Phi) is 3.34. The van der Waals surface area contributed by atoms with Crippen molar-refractivity contribution in [2.75, 3.05) is 19.4 Å². The molecule has 1 unspecified atom stereocenters. The first-order valence-electron chi connectivity index (χ1n) is 5.87. The summed E-state index contributed by atoms with van der Waals surface area (Å²) in [5, 5.41) is 0. The highest BCUT2D eigenvalue weighted by Crippen LogP contribution is 2.26. The molecular formula is C13H20N2O. The van der Waals surface area contributed by atoms with E-state index >= 15 is 0 Å². The molecule has 1 fully saturated rings. The first-order chi connectivity index (χ1) is 7.70. The highest BCUT2D eigenvalue weighted by Gasteiger charge is 2.21. The average Bonchev–Trinajstić information content (AvgIpc) is 2.65. The number of hydrogen-bond donors (Lipinski definition) is 1. The van der Waals surface area contributed by atoms with Crippen LogP contribution in [0.1, 0.15) is 25.3 Å². The lowest BCUT2D eigenvalue weighted by Gasteiger charge is -2.22. The highest BCUT2D eigenvalue weighted by atomic mass is 16.5. The van der Waals surface area contributed by atoms with Crippen molar-refractivity contribution < 1.29 is 4.74 Å². The topological polar surface area (TPSA) is 38.5 Å². The molecule has 3 nitrogen and oxygen atoms in total. The zero-order valence-electron chi connectivity index (χ0n) is 10.1. The van der Waals surface area contributed by atoms with Crippen LogP contribution in [0.15, 0.2) is 18.2 Å². The quantitative estimate of drug-likeness (QED) is 0.794. The Balaban J connectivity index is 2.16. The van der Waals surface area contributed by atoms with Crippen LogP contribution in [-0.4, -0.2) is 24.6 Å². The fourth-order valence-electron chi connectivity index (χ4n) is 2.37. The molecule has 0 radical (unpaired) electrons. The fourth-order valence-corrected chi connectivity index (χ4v) is 2.37. The van der Waals surface area contributed by atoms with Crippen LogP contribution in [0.4, 0.5) is 5.69 Å². The van der Waals surface area contributed by atoms with Crippen molar-refractivity contribution in [2.24, 2.45) is 0 Å². The van der Waals surface area contributed by atoms with Gasteiger partial charge in [-0.15, -0.1) is 0 Å². The van der Waals surface area contributed by atoms with Gasteiger partial charge < -0.3 is 10.5 Å². The summed E-state index contributed by atoms with van der Waals surface area (Å²) in [7, 11) is 1.71. The van der Waals surface area contributed by atoms with Crippen LogP contribution in [0.2, 0.25) is 0 Å². The van der Waals surface area contributed by atoms with E-state index in [1.165, 1.54) is 24.9 Å². The molecule has 0 saturated carbocycles. The predicted molar refractivity (Wildman–Crippen MR) is 66.5 cm³/mol. The van der Waals surface area contributed by atoms with Crippen molar-refractivity contribution in [3.63, 3.8) is 0 Å². The molecule has 0 amide bonds. The lowest BCUT2D eigenvalue weighted by molar-refractivity contribution is 0.256. The Morgan fingerprint density at radius 3 is 2.94 bits per heavy atom. The summed E-state index contributed by atoms with van der Waals surface area (Å²) in [6.45, 7) is 4.40. The van der Waals surface area contributed by atoms with Crippen molar-refractivity contribution >= 4 is 5.69 Å². The van der Waals surface area contributed by atoms with E-state index in [9.17, 15) is 0 Å². The minimum absolute atomic E-state index is 0.672. The number of ether oxygens (including phenoxy) is 1. The molecule has 1 heterocycles. The van der Waals surface area contributed by atoms with Gasteiger partial charge in [0.1, 0.15) is 5.75 Å². The molecule has 1 aliphatic rings. The van der Waals surface area contributed by atoms with Crippen molar-refractivity contribution in [2.45, 2.75) is 32.4 Å². The van der Waals surface area contributed by atoms with Crippen LogP contribution >= 0.6 is 0 Å². The molecule has 1 aromatic carbocycles. The Morgan fingerprint density at radius 1 is 1.50 bits per heavy atom. The smallest absolute Gasteiger partial charge is 0.123 e. The summed E-state index contributed by atoms with van der Waals surface area (Å²) in [4.78, 5) is 2.48. The Bertz CT molecular complexity index is 365. The number of hydrogen-bond acceptors (Lipinski definition) is 3. The zero-order valence-corrected chi connectivity index (χ0v) is 10.1. The van der Waals surface area contributed by atoms with E-state index < -0.39 is 0 Å². The van der Waals surface area contributed by atoms with Crippen molar-refractivity contribution in [3.8, 4) is 5.75 Å². The van der Waals surface area contributed by atoms with Crippen LogP contribution in [0.3, 0.4) is 0 Å². The van der Waals surface area contributed by atoms with E-state index in [2.05, 4.69) is 11.8 Å². The SMILES string of the molecule is COc1ccc(N)cc1CN1CCCC1C. The van der Waals surface area contributed by atoms with E-state index in [0.717, 1.165) is 18.0 Å². The van der Waals surface area contributed by atoms with E-state index in [4.69, 9.17) is 10.5 Å². The molecule has 0 aromatic heterocycles. The summed E-state index contributed by atoms with van der Waals surface area (Å²) < 4.78 is 5.36.